The van der Waals surface area contributed by atoms with E-state index in [2.05, 4.69) is 4.72 Å². The number of benzene rings is 1. The molecule has 7 heteroatoms. The van der Waals surface area contributed by atoms with Crippen molar-refractivity contribution in [2.45, 2.75) is 17.9 Å². The highest BCUT2D eigenvalue weighted by Gasteiger charge is 2.18. The van der Waals surface area contributed by atoms with E-state index in [1.54, 1.807) is 6.92 Å². The number of hydrogen-bond donors (Lipinski definition) is 2. The van der Waals surface area contributed by atoms with Gasteiger partial charge >= 0.3 is 0 Å². The Morgan fingerprint density at radius 1 is 1.56 bits per heavy atom. The van der Waals surface area contributed by atoms with E-state index < -0.39 is 10.0 Å². The third-order valence-electron chi connectivity index (χ3n) is 2.39. The van der Waals surface area contributed by atoms with Gasteiger partial charge in [0, 0.05) is 13.7 Å². The predicted octanol–water partition coefficient (Wildman–Crippen LogP) is 0.454. The van der Waals surface area contributed by atoms with Crippen LogP contribution in [0.1, 0.15) is 12.5 Å². The van der Waals surface area contributed by atoms with Gasteiger partial charge < -0.3 is 10.5 Å². The zero-order valence-electron chi connectivity index (χ0n) is 10.2. The van der Waals surface area contributed by atoms with Crippen molar-refractivity contribution in [3.05, 3.63) is 23.8 Å². The Morgan fingerprint density at radius 3 is 2.72 bits per heavy atom. The molecule has 1 aromatic rings. The van der Waals surface area contributed by atoms with E-state index in [0.717, 1.165) is 0 Å². The van der Waals surface area contributed by atoms with Crippen LogP contribution in [0.15, 0.2) is 23.1 Å². The minimum absolute atomic E-state index is 0.0372. The van der Waals surface area contributed by atoms with E-state index in [1.807, 2.05) is 6.07 Å². The van der Waals surface area contributed by atoms with Gasteiger partial charge in [0.05, 0.1) is 23.4 Å². The highest BCUT2D eigenvalue weighted by molar-refractivity contribution is 7.89. The van der Waals surface area contributed by atoms with Gasteiger partial charge in [-0.1, -0.05) is 0 Å². The molecule has 0 heterocycles. The molecule has 0 aliphatic rings. The van der Waals surface area contributed by atoms with Crippen LogP contribution in [0, 0.1) is 11.3 Å². The summed E-state index contributed by atoms with van der Waals surface area (Å²) in [6.45, 7) is 1.89. The van der Waals surface area contributed by atoms with Crippen molar-refractivity contribution in [3.8, 4) is 6.07 Å². The van der Waals surface area contributed by atoms with Gasteiger partial charge in [-0.2, -0.15) is 5.26 Å². The highest BCUT2D eigenvalue weighted by atomic mass is 32.2. The van der Waals surface area contributed by atoms with Crippen molar-refractivity contribution in [1.82, 2.24) is 4.72 Å². The summed E-state index contributed by atoms with van der Waals surface area (Å²) in [5.74, 6) is 0. The lowest BCUT2D eigenvalue weighted by atomic mass is 10.2. The molecule has 0 bridgehead atoms. The first-order chi connectivity index (χ1) is 8.40. The highest BCUT2D eigenvalue weighted by Crippen LogP contribution is 2.19. The molecule has 0 spiro atoms. The fraction of sp³-hybridized carbons (Fsp3) is 0.364. The number of nitrogens with one attached hydrogen (secondary N) is 1. The second-order valence-corrected chi connectivity index (χ2v) is 5.50. The Balaban J connectivity index is 2.96. The molecule has 6 nitrogen and oxygen atoms in total. The number of nitrogen functional groups attached to an aromatic ring is 1. The van der Waals surface area contributed by atoms with Gasteiger partial charge in [0.15, 0.2) is 0 Å². The molecule has 1 aromatic carbocycles. The van der Waals surface area contributed by atoms with Crippen LogP contribution in [0.2, 0.25) is 0 Å². The number of nitriles is 1. The molecule has 0 saturated carbocycles. The van der Waals surface area contributed by atoms with Crippen LogP contribution in [-0.2, 0) is 14.8 Å². The second-order valence-electron chi connectivity index (χ2n) is 3.76. The smallest absolute Gasteiger partial charge is 0.242 e. The molecular formula is C11H15N3O3S. The molecule has 0 aromatic heterocycles. The molecule has 0 saturated heterocycles. The largest absolute Gasteiger partial charge is 0.398 e. The summed E-state index contributed by atoms with van der Waals surface area (Å²) >= 11 is 0. The molecule has 0 amide bonds. The van der Waals surface area contributed by atoms with Crippen molar-refractivity contribution in [3.63, 3.8) is 0 Å². The van der Waals surface area contributed by atoms with E-state index in [-0.39, 0.29) is 23.2 Å². The molecule has 18 heavy (non-hydrogen) atoms. The van der Waals surface area contributed by atoms with E-state index in [4.69, 9.17) is 15.7 Å². The topological polar surface area (TPSA) is 105 Å². The number of nitrogens with zero attached hydrogens (tertiary/aromatic N) is 1. The Morgan fingerprint density at radius 2 is 2.22 bits per heavy atom. The predicted molar refractivity (Wildman–Crippen MR) is 67.2 cm³/mol. The summed E-state index contributed by atoms with van der Waals surface area (Å²) in [6, 6.07) is 5.94. The van der Waals surface area contributed by atoms with Crippen LogP contribution in [0.25, 0.3) is 0 Å². The number of rotatable bonds is 5. The first kappa shape index (κ1) is 14.4. The molecule has 1 rings (SSSR count). The van der Waals surface area contributed by atoms with Crippen LogP contribution < -0.4 is 10.5 Å². The van der Waals surface area contributed by atoms with Gasteiger partial charge in [-0.3, -0.25) is 0 Å². The molecule has 1 atom stereocenters. The van der Waals surface area contributed by atoms with Gasteiger partial charge in [-0.05, 0) is 25.1 Å². The van der Waals surface area contributed by atoms with Crippen molar-refractivity contribution < 1.29 is 13.2 Å². The number of anilines is 1. The molecular weight excluding hydrogens is 254 g/mol. The number of sulfonamides is 1. The lowest BCUT2D eigenvalue weighted by molar-refractivity contribution is 0.122. The maximum absolute atomic E-state index is 11.9. The Kier molecular flexibility index (Phi) is 4.67. The summed E-state index contributed by atoms with van der Waals surface area (Å²) < 4.78 is 31.2. The summed E-state index contributed by atoms with van der Waals surface area (Å²) in [7, 11) is -2.19. The maximum Gasteiger partial charge on any atom is 0.242 e. The molecule has 98 valence electrons. The number of nitrogens with two attached hydrogens (primary N) is 1. The zero-order valence-corrected chi connectivity index (χ0v) is 11.0. The SMILES string of the molecule is COC(C)CNS(=O)(=O)c1ccc(C#N)cc1N. The van der Waals surface area contributed by atoms with Crippen LogP contribution in [0.4, 0.5) is 5.69 Å². The summed E-state index contributed by atoms with van der Waals surface area (Å²) in [6.07, 6.45) is -0.237. The quantitative estimate of drug-likeness (QED) is 0.755. The molecule has 0 aliphatic carbocycles. The average molecular weight is 269 g/mol. The number of methoxy groups -OCH3 is 1. The lowest BCUT2D eigenvalue weighted by Crippen LogP contribution is -2.32. The van der Waals surface area contributed by atoms with Crippen LogP contribution >= 0.6 is 0 Å². The van der Waals surface area contributed by atoms with E-state index >= 15 is 0 Å². The summed E-state index contributed by atoms with van der Waals surface area (Å²) in [5, 5.41) is 8.68. The van der Waals surface area contributed by atoms with Crippen molar-refractivity contribution >= 4 is 15.7 Å². The summed E-state index contributed by atoms with van der Waals surface area (Å²) in [4.78, 5) is -0.0372. The Labute approximate surface area is 106 Å². The maximum atomic E-state index is 11.9. The number of ether oxygens (including phenoxy) is 1. The van der Waals surface area contributed by atoms with Gasteiger partial charge in [0.1, 0.15) is 4.90 Å². The van der Waals surface area contributed by atoms with E-state index in [0.29, 0.717) is 5.56 Å². The van der Waals surface area contributed by atoms with E-state index in [1.165, 1.54) is 25.3 Å². The first-order valence-corrected chi connectivity index (χ1v) is 6.71. The molecule has 0 aliphatic heterocycles. The minimum atomic E-state index is -3.69. The van der Waals surface area contributed by atoms with Crippen molar-refractivity contribution in [2.24, 2.45) is 0 Å². The third kappa shape index (κ3) is 3.43. The van der Waals surface area contributed by atoms with Gasteiger partial charge in [-0.25, -0.2) is 13.1 Å². The van der Waals surface area contributed by atoms with Gasteiger partial charge in [-0.15, -0.1) is 0 Å². The molecule has 0 radical (unpaired) electrons. The van der Waals surface area contributed by atoms with Crippen LogP contribution in [-0.4, -0.2) is 28.2 Å². The second kappa shape index (κ2) is 5.82. The summed E-state index contributed by atoms with van der Waals surface area (Å²) in [5.41, 5.74) is 5.98. The zero-order chi connectivity index (χ0) is 13.8. The lowest BCUT2D eigenvalue weighted by Gasteiger charge is -2.12. The third-order valence-corrected chi connectivity index (χ3v) is 3.89. The van der Waals surface area contributed by atoms with E-state index in [9.17, 15) is 8.42 Å². The fourth-order valence-corrected chi connectivity index (χ4v) is 2.48. The first-order valence-electron chi connectivity index (χ1n) is 5.22. The van der Waals surface area contributed by atoms with Crippen molar-refractivity contribution in [2.75, 3.05) is 19.4 Å². The Bertz CT molecular complexity index is 563. The fourth-order valence-electron chi connectivity index (χ4n) is 1.25. The van der Waals surface area contributed by atoms with Crippen LogP contribution in [0.5, 0.6) is 0 Å². The van der Waals surface area contributed by atoms with Crippen LogP contribution in [0.3, 0.4) is 0 Å². The minimum Gasteiger partial charge on any atom is -0.398 e. The van der Waals surface area contributed by atoms with Crippen molar-refractivity contribution in [1.29, 1.82) is 5.26 Å². The molecule has 1 unspecified atom stereocenters. The monoisotopic (exact) mass is 269 g/mol. The Hall–Kier alpha value is -1.62. The standard InChI is InChI=1S/C11H15N3O3S/c1-8(17-2)7-14-18(15,16)11-4-3-9(6-12)5-10(11)13/h3-5,8,14H,7,13H2,1-2H3. The van der Waals surface area contributed by atoms with Gasteiger partial charge in [0.2, 0.25) is 10.0 Å². The number of hydrogen-bond acceptors (Lipinski definition) is 5. The normalized spacial score (nSPS) is 12.9. The molecule has 3 N–H and O–H groups in total. The molecule has 0 fully saturated rings. The van der Waals surface area contributed by atoms with Gasteiger partial charge in [0.25, 0.3) is 0 Å². The average Bonchev–Trinajstić information content (AvgIpc) is 2.35.